The third-order valence-electron chi connectivity index (χ3n) is 7.49. The Kier molecular flexibility index (Phi) is 7.20. The molecule has 1 spiro atoms. The highest BCUT2D eigenvalue weighted by molar-refractivity contribution is 6.32. The van der Waals surface area contributed by atoms with E-state index >= 15 is 0 Å². The second-order valence-electron chi connectivity index (χ2n) is 9.76. The molecule has 0 radical (unpaired) electrons. The molecule has 3 aromatic rings. The maximum atomic E-state index is 12.9. The summed E-state index contributed by atoms with van der Waals surface area (Å²) in [7, 11) is 0. The molecule has 1 aliphatic carbocycles. The Bertz CT molecular complexity index is 1270. The van der Waals surface area contributed by atoms with Gasteiger partial charge in [0.25, 0.3) is 6.47 Å². The van der Waals surface area contributed by atoms with Crippen molar-refractivity contribution in [2.45, 2.75) is 18.6 Å². The zero-order valence-corrected chi connectivity index (χ0v) is 21.1. The third kappa shape index (κ3) is 4.82. The van der Waals surface area contributed by atoms with E-state index in [0.717, 1.165) is 49.3 Å². The summed E-state index contributed by atoms with van der Waals surface area (Å²) < 4.78 is 6.37. The Morgan fingerprint density at radius 1 is 1.05 bits per heavy atom. The molecule has 2 N–H and O–H groups in total. The van der Waals surface area contributed by atoms with Crippen molar-refractivity contribution in [3.05, 3.63) is 88.4 Å². The Labute approximate surface area is 220 Å². The molecule has 1 unspecified atom stereocenters. The number of nitrogens with zero attached hydrogens (tertiary/aromatic N) is 2. The number of benzene rings is 3. The van der Waals surface area contributed by atoms with E-state index < -0.39 is 5.60 Å². The second kappa shape index (κ2) is 10.5. The molecule has 2 fully saturated rings. The smallest absolute Gasteiger partial charge is 0.290 e. The fraction of sp³-hybridized carbons (Fsp3) is 0.310. The van der Waals surface area contributed by atoms with Crippen LogP contribution in [0.15, 0.2) is 66.7 Å². The lowest BCUT2D eigenvalue weighted by Gasteiger charge is -2.42. The number of likely N-dealkylation sites (tertiary alicyclic amines) is 1. The van der Waals surface area contributed by atoms with Gasteiger partial charge in [0.1, 0.15) is 18.0 Å². The first-order valence-electron chi connectivity index (χ1n) is 12.3. The lowest BCUT2D eigenvalue weighted by atomic mass is 9.89. The fourth-order valence-corrected chi connectivity index (χ4v) is 6.08. The number of phenols is 1. The molecular weight excluding hydrogens is 492 g/mol. The summed E-state index contributed by atoms with van der Waals surface area (Å²) in [4.78, 5) is 25.7. The number of morpholine rings is 1. The van der Waals surface area contributed by atoms with Crippen molar-refractivity contribution in [2.24, 2.45) is 5.92 Å². The van der Waals surface area contributed by atoms with Crippen LogP contribution in [0.5, 0.6) is 5.75 Å². The van der Waals surface area contributed by atoms with Crippen molar-refractivity contribution in [1.29, 1.82) is 0 Å². The van der Waals surface area contributed by atoms with Crippen LogP contribution >= 0.6 is 11.6 Å². The lowest BCUT2D eigenvalue weighted by Crippen LogP contribution is -2.53. The van der Waals surface area contributed by atoms with Crippen molar-refractivity contribution in [1.82, 2.24) is 9.80 Å². The lowest BCUT2D eigenvalue weighted by molar-refractivity contribution is -0.159. The Morgan fingerprint density at radius 2 is 1.70 bits per heavy atom. The third-order valence-corrected chi connectivity index (χ3v) is 7.79. The highest BCUT2D eigenvalue weighted by Gasteiger charge is 2.49. The number of phenolic OH excluding ortho intramolecular Hbond substituents is 1. The Balaban J connectivity index is 0.000000892. The highest BCUT2D eigenvalue weighted by Crippen LogP contribution is 2.51. The topological polar surface area (TPSA) is 90.3 Å². The van der Waals surface area contributed by atoms with Gasteiger partial charge < -0.3 is 19.8 Å². The minimum atomic E-state index is -0.595. The van der Waals surface area contributed by atoms with Gasteiger partial charge in [-0.25, -0.2) is 0 Å². The van der Waals surface area contributed by atoms with Crippen LogP contribution < -0.4 is 0 Å². The van der Waals surface area contributed by atoms with E-state index in [1.807, 2.05) is 17.0 Å². The highest BCUT2D eigenvalue weighted by atomic mass is 35.5. The van der Waals surface area contributed by atoms with E-state index in [2.05, 4.69) is 53.4 Å². The fourth-order valence-electron chi connectivity index (χ4n) is 5.88. The van der Waals surface area contributed by atoms with Gasteiger partial charge in [0.2, 0.25) is 5.91 Å². The van der Waals surface area contributed by atoms with E-state index in [1.54, 1.807) is 6.07 Å². The normalized spacial score (nSPS) is 19.8. The van der Waals surface area contributed by atoms with Gasteiger partial charge in [-0.2, -0.15) is 0 Å². The molecule has 1 amide bonds. The van der Waals surface area contributed by atoms with Gasteiger partial charge in [0, 0.05) is 19.6 Å². The molecule has 2 heterocycles. The van der Waals surface area contributed by atoms with Crippen LogP contribution in [0, 0.1) is 5.92 Å². The van der Waals surface area contributed by atoms with Gasteiger partial charge in [-0.1, -0.05) is 66.2 Å². The quantitative estimate of drug-likeness (QED) is 0.497. The molecule has 3 aromatic carbocycles. The number of hydrogen-bond donors (Lipinski definition) is 2. The summed E-state index contributed by atoms with van der Waals surface area (Å²) >= 11 is 6.08. The van der Waals surface area contributed by atoms with E-state index in [1.165, 1.54) is 11.1 Å². The molecule has 0 aromatic heterocycles. The van der Waals surface area contributed by atoms with Crippen LogP contribution in [0.1, 0.15) is 23.1 Å². The van der Waals surface area contributed by atoms with Gasteiger partial charge in [-0.3, -0.25) is 14.5 Å². The molecule has 2 aliphatic heterocycles. The number of aromatic hydroxyl groups is 1. The molecule has 0 bridgehead atoms. The van der Waals surface area contributed by atoms with Crippen molar-refractivity contribution < 1.29 is 24.5 Å². The van der Waals surface area contributed by atoms with Gasteiger partial charge in [0.05, 0.1) is 11.6 Å². The van der Waals surface area contributed by atoms with Crippen molar-refractivity contribution in [2.75, 3.05) is 32.8 Å². The molecule has 2 saturated heterocycles. The van der Waals surface area contributed by atoms with Crippen LogP contribution in [0.4, 0.5) is 0 Å². The van der Waals surface area contributed by atoms with Crippen molar-refractivity contribution in [3.8, 4) is 16.9 Å². The van der Waals surface area contributed by atoms with Gasteiger partial charge in [-0.05, 0) is 58.8 Å². The zero-order chi connectivity index (χ0) is 26.0. The first-order valence-corrected chi connectivity index (χ1v) is 12.7. The standard InChI is InChI=1S/C28H27ClN2O3.CH2O2/c29-25-13-19(9-10-26(25)32)14-30-12-11-20(15-30)16-31-18-28(34-17-27(31)33)23-7-3-1-5-21(23)22-6-2-4-8-24(22)28;2-1-3/h1-10,13,20,32H,11-12,14-18H2;1H,(H,2,3). The summed E-state index contributed by atoms with van der Waals surface area (Å²) in [5, 5.41) is 16.9. The molecule has 6 rings (SSSR count). The molecule has 192 valence electrons. The molecular formula is C29H29ClN2O5. The van der Waals surface area contributed by atoms with Crippen molar-refractivity contribution in [3.63, 3.8) is 0 Å². The van der Waals surface area contributed by atoms with E-state index in [9.17, 15) is 9.90 Å². The maximum Gasteiger partial charge on any atom is 0.290 e. The molecule has 8 heteroatoms. The monoisotopic (exact) mass is 520 g/mol. The summed E-state index contributed by atoms with van der Waals surface area (Å²) in [6.45, 7) is 3.84. The average molecular weight is 521 g/mol. The number of carbonyl (C=O) groups is 2. The summed E-state index contributed by atoms with van der Waals surface area (Å²) in [5.41, 5.74) is 5.21. The Hall–Kier alpha value is -3.39. The zero-order valence-electron chi connectivity index (χ0n) is 20.3. The SMILES string of the molecule is O=C1COC2(CN1CC1CCN(Cc3ccc(O)c(Cl)c3)C1)c1ccccc1-c1ccccc12.O=CO. The predicted molar refractivity (Wildman–Crippen MR) is 140 cm³/mol. The van der Waals surface area contributed by atoms with Crippen LogP contribution in [0.25, 0.3) is 11.1 Å². The van der Waals surface area contributed by atoms with Crippen LogP contribution in [-0.2, 0) is 26.5 Å². The van der Waals surface area contributed by atoms with Crippen LogP contribution in [0.3, 0.4) is 0 Å². The number of carbonyl (C=O) groups excluding carboxylic acids is 1. The number of halogens is 1. The minimum absolute atomic E-state index is 0.0660. The molecule has 3 aliphatic rings. The van der Waals surface area contributed by atoms with E-state index in [-0.39, 0.29) is 24.7 Å². The average Bonchev–Trinajstić information content (AvgIpc) is 3.45. The maximum absolute atomic E-state index is 12.9. The number of fused-ring (bicyclic) bond motifs is 5. The number of hydrogen-bond acceptors (Lipinski definition) is 5. The molecule has 37 heavy (non-hydrogen) atoms. The minimum Gasteiger partial charge on any atom is -0.506 e. The number of ether oxygens (including phenoxy) is 1. The van der Waals surface area contributed by atoms with Gasteiger partial charge in [-0.15, -0.1) is 0 Å². The molecule has 1 atom stereocenters. The second-order valence-corrected chi connectivity index (χ2v) is 10.2. The van der Waals surface area contributed by atoms with Gasteiger partial charge in [0.15, 0.2) is 0 Å². The number of amides is 1. The van der Waals surface area contributed by atoms with Crippen LogP contribution in [0.2, 0.25) is 5.02 Å². The van der Waals surface area contributed by atoms with E-state index in [4.69, 9.17) is 26.2 Å². The summed E-state index contributed by atoms with van der Waals surface area (Å²) in [6, 6.07) is 22.2. The predicted octanol–water partition coefficient (Wildman–Crippen LogP) is 4.35. The molecule has 7 nitrogen and oxygen atoms in total. The summed E-state index contributed by atoms with van der Waals surface area (Å²) in [6.07, 6.45) is 1.05. The Morgan fingerprint density at radius 3 is 2.35 bits per heavy atom. The first kappa shape index (κ1) is 25.3. The summed E-state index contributed by atoms with van der Waals surface area (Å²) in [5.74, 6) is 0.592. The number of carboxylic acid groups (broad SMARTS) is 1. The molecule has 0 saturated carbocycles. The van der Waals surface area contributed by atoms with Crippen molar-refractivity contribution >= 4 is 24.0 Å². The van der Waals surface area contributed by atoms with Crippen LogP contribution in [-0.4, -0.2) is 65.2 Å². The van der Waals surface area contributed by atoms with E-state index in [0.29, 0.717) is 17.5 Å². The number of rotatable bonds is 4. The largest absolute Gasteiger partial charge is 0.506 e. The first-order chi connectivity index (χ1) is 17.9. The van der Waals surface area contributed by atoms with Gasteiger partial charge >= 0.3 is 0 Å².